The topological polar surface area (TPSA) is 93.4 Å². The SMILES string of the molecule is CCN(CC(C)C#N)C(=O)NCCC(C)(C)CCC(=O)O. The maximum absolute atomic E-state index is 12.0. The highest BCUT2D eigenvalue weighted by Gasteiger charge is 2.20. The van der Waals surface area contributed by atoms with Gasteiger partial charge in [0.2, 0.25) is 0 Å². The number of rotatable bonds is 9. The minimum Gasteiger partial charge on any atom is -0.481 e. The van der Waals surface area contributed by atoms with Gasteiger partial charge in [-0.2, -0.15) is 5.26 Å². The van der Waals surface area contributed by atoms with Gasteiger partial charge in [-0.1, -0.05) is 13.8 Å². The Hall–Kier alpha value is -1.77. The summed E-state index contributed by atoms with van der Waals surface area (Å²) in [5.74, 6) is -0.988. The maximum atomic E-state index is 12.0. The summed E-state index contributed by atoms with van der Waals surface area (Å²) in [6.45, 7) is 9.13. The van der Waals surface area contributed by atoms with Gasteiger partial charge in [0.1, 0.15) is 0 Å². The van der Waals surface area contributed by atoms with Gasteiger partial charge in [0.15, 0.2) is 0 Å². The highest BCUT2D eigenvalue weighted by atomic mass is 16.4. The standard InChI is InChI=1S/C15H27N3O3/c1-5-18(11-12(2)10-16)14(21)17-9-8-15(3,4)7-6-13(19)20/h12H,5-9,11H2,1-4H3,(H,17,21)(H,19,20). The van der Waals surface area contributed by atoms with Crippen LogP contribution in [0, 0.1) is 22.7 Å². The van der Waals surface area contributed by atoms with Crippen LogP contribution in [0.1, 0.15) is 47.0 Å². The summed E-state index contributed by atoms with van der Waals surface area (Å²) >= 11 is 0. The van der Waals surface area contributed by atoms with Crippen LogP contribution in [-0.2, 0) is 4.79 Å². The minimum absolute atomic E-state index is 0.122. The molecule has 0 aliphatic rings. The number of nitriles is 1. The van der Waals surface area contributed by atoms with Crippen molar-refractivity contribution in [3.8, 4) is 6.07 Å². The minimum atomic E-state index is -0.797. The Kier molecular flexibility index (Phi) is 8.44. The smallest absolute Gasteiger partial charge is 0.317 e. The molecule has 0 saturated heterocycles. The Morgan fingerprint density at radius 1 is 1.38 bits per heavy atom. The van der Waals surface area contributed by atoms with Crippen LogP contribution in [-0.4, -0.2) is 41.6 Å². The number of carbonyl (C=O) groups excluding carboxylic acids is 1. The third-order valence-electron chi connectivity index (χ3n) is 3.48. The van der Waals surface area contributed by atoms with E-state index < -0.39 is 5.97 Å². The largest absolute Gasteiger partial charge is 0.481 e. The molecule has 0 heterocycles. The Labute approximate surface area is 127 Å². The van der Waals surface area contributed by atoms with E-state index >= 15 is 0 Å². The molecule has 0 aliphatic carbocycles. The number of hydrogen-bond acceptors (Lipinski definition) is 3. The highest BCUT2D eigenvalue weighted by Crippen LogP contribution is 2.25. The average Bonchev–Trinajstić information content (AvgIpc) is 2.41. The van der Waals surface area contributed by atoms with Crippen LogP contribution in [0.2, 0.25) is 0 Å². The van der Waals surface area contributed by atoms with E-state index in [0.717, 1.165) is 6.42 Å². The average molecular weight is 297 g/mol. The van der Waals surface area contributed by atoms with E-state index in [-0.39, 0.29) is 23.8 Å². The number of carboxylic acid groups (broad SMARTS) is 1. The molecule has 0 bridgehead atoms. The van der Waals surface area contributed by atoms with Crippen molar-refractivity contribution in [1.29, 1.82) is 5.26 Å². The van der Waals surface area contributed by atoms with Gasteiger partial charge in [0, 0.05) is 26.1 Å². The zero-order valence-corrected chi connectivity index (χ0v) is 13.5. The molecule has 0 aromatic heterocycles. The van der Waals surface area contributed by atoms with Crippen LogP contribution < -0.4 is 5.32 Å². The number of carbonyl (C=O) groups is 2. The monoisotopic (exact) mass is 297 g/mol. The Bertz CT molecular complexity index is 388. The number of aliphatic carboxylic acids is 1. The molecular weight excluding hydrogens is 270 g/mol. The summed E-state index contributed by atoms with van der Waals surface area (Å²) in [5.41, 5.74) is -0.122. The van der Waals surface area contributed by atoms with Crippen LogP contribution >= 0.6 is 0 Å². The molecule has 0 rings (SSSR count). The van der Waals surface area contributed by atoms with Crippen LogP contribution in [0.3, 0.4) is 0 Å². The molecule has 0 aliphatic heterocycles. The molecular formula is C15H27N3O3. The molecule has 0 saturated carbocycles. The predicted molar refractivity (Wildman–Crippen MR) is 80.7 cm³/mol. The van der Waals surface area contributed by atoms with Crippen LogP contribution in [0.15, 0.2) is 0 Å². The summed E-state index contributed by atoms with van der Waals surface area (Å²) in [6, 6.07) is 1.94. The zero-order valence-electron chi connectivity index (χ0n) is 13.5. The van der Waals surface area contributed by atoms with Gasteiger partial charge in [0.25, 0.3) is 0 Å². The predicted octanol–water partition coefficient (Wildman–Crippen LogP) is 2.46. The first kappa shape index (κ1) is 19.2. The van der Waals surface area contributed by atoms with Crippen LogP contribution in [0.5, 0.6) is 0 Å². The van der Waals surface area contributed by atoms with Gasteiger partial charge in [-0.3, -0.25) is 4.79 Å². The third-order valence-corrected chi connectivity index (χ3v) is 3.48. The van der Waals surface area contributed by atoms with Gasteiger partial charge in [-0.05, 0) is 32.1 Å². The molecule has 0 spiro atoms. The van der Waals surface area contributed by atoms with Crippen molar-refractivity contribution in [3.63, 3.8) is 0 Å². The quantitative estimate of drug-likeness (QED) is 0.683. The summed E-state index contributed by atoms with van der Waals surface area (Å²) < 4.78 is 0. The normalized spacial score (nSPS) is 12.3. The van der Waals surface area contributed by atoms with Crippen molar-refractivity contribution in [2.24, 2.45) is 11.3 Å². The second kappa shape index (κ2) is 9.22. The Morgan fingerprint density at radius 3 is 2.48 bits per heavy atom. The number of hydrogen-bond donors (Lipinski definition) is 2. The van der Waals surface area contributed by atoms with E-state index in [4.69, 9.17) is 10.4 Å². The molecule has 0 aromatic carbocycles. The lowest BCUT2D eigenvalue weighted by atomic mass is 9.84. The third kappa shape index (κ3) is 8.90. The van der Waals surface area contributed by atoms with Gasteiger partial charge in [-0.15, -0.1) is 0 Å². The molecule has 120 valence electrons. The summed E-state index contributed by atoms with van der Waals surface area (Å²) in [4.78, 5) is 24.2. The number of nitrogens with zero attached hydrogens (tertiary/aromatic N) is 2. The zero-order chi connectivity index (χ0) is 16.5. The second-order valence-electron chi connectivity index (χ2n) is 6.11. The molecule has 1 atom stereocenters. The lowest BCUT2D eigenvalue weighted by Gasteiger charge is -2.26. The molecule has 1 unspecified atom stereocenters. The fourth-order valence-corrected chi connectivity index (χ4v) is 1.92. The van der Waals surface area contributed by atoms with Crippen molar-refractivity contribution < 1.29 is 14.7 Å². The second-order valence-corrected chi connectivity index (χ2v) is 6.11. The van der Waals surface area contributed by atoms with E-state index in [1.807, 2.05) is 20.8 Å². The van der Waals surface area contributed by atoms with Crippen molar-refractivity contribution in [2.75, 3.05) is 19.6 Å². The first-order valence-electron chi connectivity index (χ1n) is 7.36. The van der Waals surface area contributed by atoms with E-state index in [0.29, 0.717) is 26.1 Å². The summed E-state index contributed by atoms with van der Waals surface area (Å²) in [7, 11) is 0. The Morgan fingerprint density at radius 2 is 2.00 bits per heavy atom. The van der Waals surface area contributed by atoms with Gasteiger partial charge < -0.3 is 15.3 Å². The molecule has 0 fully saturated rings. The number of amides is 2. The number of urea groups is 1. The molecule has 6 heteroatoms. The molecule has 2 N–H and O–H groups in total. The molecule has 2 amide bonds. The summed E-state index contributed by atoms with van der Waals surface area (Å²) in [6.07, 6.45) is 1.44. The fourth-order valence-electron chi connectivity index (χ4n) is 1.92. The van der Waals surface area contributed by atoms with E-state index in [9.17, 15) is 9.59 Å². The van der Waals surface area contributed by atoms with Crippen LogP contribution in [0.25, 0.3) is 0 Å². The van der Waals surface area contributed by atoms with Crippen LogP contribution in [0.4, 0.5) is 4.79 Å². The fraction of sp³-hybridized carbons (Fsp3) is 0.800. The van der Waals surface area contributed by atoms with Crippen molar-refractivity contribution in [1.82, 2.24) is 10.2 Å². The van der Waals surface area contributed by atoms with Gasteiger partial charge >= 0.3 is 12.0 Å². The Balaban J connectivity index is 4.17. The first-order chi connectivity index (χ1) is 9.71. The number of nitrogens with one attached hydrogen (secondary N) is 1. The maximum Gasteiger partial charge on any atom is 0.317 e. The molecule has 6 nitrogen and oxygen atoms in total. The van der Waals surface area contributed by atoms with E-state index in [2.05, 4.69) is 11.4 Å². The van der Waals surface area contributed by atoms with E-state index in [1.54, 1.807) is 11.8 Å². The van der Waals surface area contributed by atoms with Crippen molar-refractivity contribution >= 4 is 12.0 Å². The molecule has 0 aromatic rings. The van der Waals surface area contributed by atoms with Gasteiger partial charge in [0.05, 0.1) is 12.0 Å². The first-order valence-corrected chi connectivity index (χ1v) is 7.36. The number of carboxylic acids is 1. The summed E-state index contributed by atoms with van der Waals surface area (Å²) in [5, 5.41) is 20.3. The van der Waals surface area contributed by atoms with Gasteiger partial charge in [-0.25, -0.2) is 4.79 Å². The van der Waals surface area contributed by atoms with Crippen molar-refractivity contribution in [2.45, 2.75) is 47.0 Å². The lowest BCUT2D eigenvalue weighted by Crippen LogP contribution is -2.42. The highest BCUT2D eigenvalue weighted by molar-refractivity contribution is 5.74. The molecule has 21 heavy (non-hydrogen) atoms. The molecule has 0 radical (unpaired) electrons. The van der Waals surface area contributed by atoms with Crippen molar-refractivity contribution in [3.05, 3.63) is 0 Å². The lowest BCUT2D eigenvalue weighted by molar-refractivity contribution is -0.137. The van der Waals surface area contributed by atoms with E-state index in [1.165, 1.54) is 0 Å².